The van der Waals surface area contributed by atoms with Gasteiger partial charge in [0.2, 0.25) is 0 Å². The van der Waals surface area contributed by atoms with Crippen molar-refractivity contribution in [3.05, 3.63) is 34.9 Å². The van der Waals surface area contributed by atoms with Crippen LogP contribution in [0.25, 0.3) is 0 Å². The van der Waals surface area contributed by atoms with Gasteiger partial charge in [-0.3, -0.25) is 11.3 Å². The highest BCUT2D eigenvalue weighted by Gasteiger charge is 2.43. The van der Waals surface area contributed by atoms with Crippen molar-refractivity contribution in [2.24, 2.45) is 17.7 Å². The van der Waals surface area contributed by atoms with Crippen molar-refractivity contribution in [2.45, 2.75) is 25.4 Å². The standard InChI is InChI=1S/C13H19ClN2O/c1-9(10-2-3-10)13(17,8-16-15)11-4-6-12(14)7-5-11/h4-7,9-10,16-17H,2-3,8,15H2,1H3. The van der Waals surface area contributed by atoms with Crippen molar-refractivity contribution in [1.29, 1.82) is 0 Å². The zero-order valence-electron chi connectivity index (χ0n) is 9.99. The normalized spacial score (nSPS) is 20.9. The Hall–Kier alpha value is -0.610. The minimum atomic E-state index is -0.916. The van der Waals surface area contributed by atoms with E-state index in [9.17, 15) is 5.11 Å². The first-order valence-electron chi connectivity index (χ1n) is 6.00. The lowest BCUT2D eigenvalue weighted by Crippen LogP contribution is -2.46. The van der Waals surface area contributed by atoms with Crippen LogP contribution < -0.4 is 11.3 Å². The molecule has 2 rings (SSSR count). The molecule has 0 bridgehead atoms. The maximum Gasteiger partial charge on any atom is 0.106 e. The van der Waals surface area contributed by atoms with Gasteiger partial charge >= 0.3 is 0 Å². The van der Waals surface area contributed by atoms with E-state index >= 15 is 0 Å². The molecule has 1 aromatic rings. The second kappa shape index (κ2) is 4.94. The largest absolute Gasteiger partial charge is 0.383 e. The SMILES string of the molecule is CC(C1CC1)C(O)(CNN)c1ccc(Cl)cc1. The van der Waals surface area contributed by atoms with Crippen LogP contribution in [0.5, 0.6) is 0 Å². The Balaban J connectivity index is 2.28. The topological polar surface area (TPSA) is 58.3 Å². The Labute approximate surface area is 107 Å². The van der Waals surface area contributed by atoms with Crippen LogP contribution in [0.1, 0.15) is 25.3 Å². The number of nitrogens with two attached hydrogens (primary N) is 1. The maximum atomic E-state index is 10.9. The molecule has 3 nitrogen and oxygen atoms in total. The first kappa shape index (κ1) is 12.8. The molecule has 0 heterocycles. The molecule has 2 unspecified atom stereocenters. The molecule has 1 saturated carbocycles. The Morgan fingerprint density at radius 1 is 1.47 bits per heavy atom. The fourth-order valence-corrected chi connectivity index (χ4v) is 2.53. The number of hydrazine groups is 1. The number of hydrogen-bond donors (Lipinski definition) is 3. The average molecular weight is 255 g/mol. The molecule has 0 amide bonds. The predicted octanol–water partition coefficient (Wildman–Crippen LogP) is 2.04. The zero-order valence-corrected chi connectivity index (χ0v) is 10.7. The molecule has 94 valence electrons. The minimum Gasteiger partial charge on any atom is -0.383 e. The van der Waals surface area contributed by atoms with Crippen LogP contribution in [0.2, 0.25) is 5.02 Å². The summed E-state index contributed by atoms with van der Waals surface area (Å²) in [6.45, 7) is 2.44. The first-order valence-corrected chi connectivity index (χ1v) is 6.37. The maximum absolute atomic E-state index is 10.9. The van der Waals surface area contributed by atoms with E-state index in [-0.39, 0.29) is 5.92 Å². The van der Waals surface area contributed by atoms with Crippen LogP contribution in [0.3, 0.4) is 0 Å². The summed E-state index contributed by atoms with van der Waals surface area (Å²) in [5, 5.41) is 11.5. The van der Waals surface area contributed by atoms with Gasteiger partial charge in [-0.05, 0) is 42.4 Å². The molecule has 1 fully saturated rings. The fraction of sp³-hybridized carbons (Fsp3) is 0.538. The smallest absolute Gasteiger partial charge is 0.106 e. The molecule has 17 heavy (non-hydrogen) atoms. The van der Waals surface area contributed by atoms with E-state index in [1.54, 1.807) is 12.1 Å². The van der Waals surface area contributed by atoms with Gasteiger partial charge in [0.1, 0.15) is 5.60 Å². The molecule has 2 atom stereocenters. The van der Waals surface area contributed by atoms with Gasteiger partial charge in [0, 0.05) is 11.6 Å². The highest BCUT2D eigenvalue weighted by Crippen LogP contribution is 2.45. The van der Waals surface area contributed by atoms with Gasteiger partial charge in [-0.15, -0.1) is 0 Å². The molecule has 0 aromatic heterocycles. The molecular formula is C13H19ClN2O. The highest BCUT2D eigenvalue weighted by molar-refractivity contribution is 6.30. The lowest BCUT2D eigenvalue weighted by molar-refractivity contribution is -0.0248. The molecular weight excluding hydrogens is 236 g/mol. The molecule has 1 aliphatic carbocycles. The molecule has 1 aromatic carbocycles. The average Bonchev–Trinajstić information content (AvgIpc) is 3.13. The summed E-state index contributed by atoms with van der Waals surface area (Å²) in [6, 6.07) is 7.35. The highest BCUT2D eigenvalue weighted by atomic mass is 35.5. The van der Waals surface area contributed by atoms with Crippen LogP contribution in [0.4, 0.5) is 0 Å². The summed E-state index contributed by atoms with van der Waals surface area (Å²) >= 11 is 5.87. The second-order valence-electron chi connectivity index (χ2n) is 4.94. The number of nitrogens with one attached hydrogen (secondary N) is 1. The lowest BCUT2D eigenvalue weighted by atomic mass is 9.79. The molecule has 0 aliphatic heterocycles. The van der Waals surface area contributed by atoms with Gasteiger partial charge in [0.15, 0.2) is 0 Å². The number of benzene rings is 1. The summed E-state index contributed by atoms with van der Waals surface area (Å²) in [5.41, 5.74) is 2.56. The second-order valence-corrected chi connectivity index (χ2v) is 5.37. The van der Waals surface area contributed by atoms with Crippen LogP contribution >= 0.6 is 11.6 Å². The number of rotatable bonds is 5. The van der Waals surface area contributed by atoms with E-state index < -0.39 is 5.60 Å². The number of hydrogen-bond acceptors (Lipinski definition) is 3. The molecule has 0 radical (unpaired) electrons. The molecule has 0 saturated heterocycles. The van der Waals surface area contributed by atoms with Gasteiger partial charge in [-0.2, -0.15) is 0 Å². The summed E-state index contributed by atoms with van der Waals surface area (Å²) in [5.74, 6) is 6.20. The van der Waals surface area contributed by atoms with Crippen molar-refractivity contribution in [1.82, 2.24) is 5.43 Å². The molecule has 0 spiro atoms. The van der Waals surface area contributed by atoms with E-state index in [0.717, 1.165) is 5.56 Å². The molecule has 1 aliphatic rings. The monoisotopic (exact) mass is 254 g/mol. The summed E-state index contributed by atoms with van der Waals surface area (Å²) in [7, 11) is 0. The van der Waals surface area contributed by atoms with E-state index in [1.807, 2.05) is 12.1 Å². The number of halogens is 1. The van der Waals surface area contributed by atoms with Gasteiger partial charge in [0.25, 0.3) is 0 Å². The van der Waals surface area contributed by atoms with Gasteiger partial charge in [-0.25, -0.2) is 0 Å². The van der Waals surface area contributed by atoms with Crippen molar-refractivity contribution in [3.8, 4) is 0 Å². The third-order valence-electron chi connectivity index (χ3n) is 3.80. The zero-order chi connectivity index (χ0) is 12.5. The molecule has 4 N–H and O–H groups in total. The Morgan fingerprint density at radius 3 is 2.53 bits per heavy atom. The summed E-state index contributed by atoms with van der Waals surface area (Å²) in [4.78, 5) is 0. The predicted molar refractivity (Wildman–Crippen MR) is 69.4 cm³/mol. The van der Waals surface area contributed by atoms with Gasteiger partial charge < -0.3 is 5.11 Å². The Morgan fingerprint density at radius 2 is 2.06 bits per heavy atom. The first-order chi connectivity index (χ1) is 8.08. The third kappa shape index (κ3) is 2.63. The van der Waals surface area contributed by atoms with E-state index in [0.29, 0.717) is 17.5 Å². The molecule has 4 heteroatoms. The van der Waals surface area contributed by atoms with Crippen molar-refractivity contribution >= 4 is 11.6 Å². The Kier molecular flexibility index (Phi) is 3.73. The fourth-order valence-electron chi connectivity index (χ4n) is 2.41. The van der Waals surface area contributed by atoms with E-state index in [2.05, 4.69) is 12.3 Å². The minimum absolute atomic E-state index is 0.194. The Bertz CT molecular complexity index is 378. The van der Waals surface area contributed by atoms with Crippen LogP contribution in [0.15, 0.2) is 24.3 Å². The van der Waals surface area contributed by atoms with Crippen molar-refractivity contribution < 1.29 is 5.11 Å². The van der Waals surface area contributed by atoms with E-state index in [4.69, 9.17) is 17.4 Å². The third-order valence-corrected chi connectivity index (χ3v) is 4.05. The van der Waals surface area contributed by atoms with Gasteiger partial charge in [0.05, 0.1) is 0 Å². The summed E-state index contributed by atoms with van der Waals surface area (Å²) in [6.07, 6.45) is 2.39. The van der Waals surface area contributed by atoms with E-state index in [1.165, 1.54) is 12.8 Å². The van der Waals surface area contributed by atoms with Crippen molar-refractivity contribution in [2.75, 3.05) is 6.54 Å². The number of aliphatic hydroxyl groups is 1. The quantitative estimate of drug-likeness (QED) is 0.557. The lowest BCUT2D eigenvalue weighted by Gasteiger charge is -2.34. The van der Waals surface area contributed by atoms with Crippen LogP contribution in [0, 0.1) is 11.8 Å². The van der Waals surface area contributed by atoms with Crippen LogP contribution in [-0.4, -0.2) is 11.7 Å². The van der Waals surface area contributed by atoms with Crippen LogP contribution in [-0.2, 0) is 5.60 Å². The summed E-state index contributed by atoms with van der Waals surface area (Å²) < 4.78 is 0. The van der Waals surface area contributed by atoms with Crippen molar-refractivity contribution in [3.63, 3.8) is 0 Å². The van der Waals surface area contributed by atoms with Gasteiger partial charge in [-0.1, -0.05) is 30.7 Å².